The van der Waals surface area contributed by atoms with Crippen LogP contribution in [0.3, 0.4) is 0 Å². The van der Waals surface area contributed by atoms with Crippen molar-refractivity contribution < 1.29 is 0 Å². The Morgan fingerprint density at radius 2 is 2.11 bits per heavy atom. The molecular weight excluding hydrogens is 288 g/mol. The molecule has 0 bridgehead atoms. The molecule has 90 valence electrons. The van der Waals surface area contributed by atoms with Crippen molar-refractivity contribution >= 4 is 27.6 Å². The van der Waals surface area contributed by atoms with Gasteiger partial charge >= 0.3 is 0 Å². The number of aromatic nitrogens is 1. The Hall–Kier alpha value is -1.79. The highest BCUT2D eigenvalue weighted by Gasteiger charge is 2.04. The van der Waals surface area contributed by atoms with Gasteiger partial charge in [-0.2, -0.15) is 5.26 Å². The second-order valence-corrected chi connectivity index (χ2v) is 5.05. The molecular formula is C15H13BrN2. The topological polar surface area (TPSA) is 28.7 Å². The van der Waals surface area contributed by atoms with Crippen LogP contribution in [0.2, 0.25) is 0 Å². The number of hydrogen-bond acceptors (Lipinski definition) is 1. The maximum atomic E-state index is 9.29. The predicted octanol–water partition coefficient (Wildman–Crippen LogP) is 4.16. The lowest BCUT2D eigenvalue weighted by Crippen LogP contribution is -1.93. The summed E-state index contributed by atoms with van der Waals surface area (Å²) in [5.41, 5.74) is 3.79. The smallest absolute Gasteiger partial charge is 0.0998 e. The molecule has 0 saturated carbocycles. The molecule has 2 rings (SSSR count). The Balaban J connectivity index is 2.47. The van der Waals surface area contributed by atoms with Crippen LogP contribution < -0.4 is 0 Å². The summed E-state index contributed by atoms with van der Waals surface area (Å²) >= 11 is 3.42. The summed E-state index contributed by atoms with van der Waals surface area (Å²) in [5, 5.41) is 9.29. The van der Waals surface area contributed by atoms with Crippen LogP contribution in [-0.2, 0) is 7.05 Å². The molecule has 0 unspecified atom stereocenters. The summed E-state index contributed by atoms with van der Waals surface area (Å²) in [6.45, 7) is 2.04. The van der Waals surface area contributed by atoms with E-state index in [9.17, 15) is 5.26 Å². The highest BCUT2D eigenvalue weighted by Crippen LogP contribution is 2.21. The van der Waals surface area contributed by atoms with Crippen molar-refractivity contribution in [2.75, 3.05) is 0 Å². The number of rotatable bonds is 2. The molecule has 1 heterocycles. The van der Waals surface area contributed by atoms with Gasteiger partial charge in [-0.1, -0.05) is 28.1 Å². The van der Waals surface area contributed by atoms with Gasteiger partial charge in [-0.25, -0.2) is 0 Å². The minimum atomic E-state index is 0.664. The molecule has 3 heteroatoms. The Labute approximate surface area is 115 Å². The highest BCUT2D eigenvalue weighted by atomic mass is 79.9. The number of aryl methyl sites for hydroxylation is 1. The van der Waals surface area contributed by atoms with E-state index in [0.29, 0.717) is 5.57 Å². The van der Waals surface area contributed by atoms with E-state index in [1.54, 1.807) is 0 Å². The van der Waals surface area contributed by atoms with Gasteiger partial charge in [0.2, 0.25) is 0 Å². The fraction of sp³-hybridized carbons (Fsp3) is 0.133. The molecule has 0 aliphatic rings. The van der Waals surface area contributed by atoms with Gasteiger partial charge in [-0.15, -0.1) is 0 Å². The first-order valence-corrected chi connectivity index (χ1v) is 6.41. The predicted molar refractivity (Wildman–Crippen MR) is 77.8 cm³/mol. The molecule has 18 heavy (non-hydrogen) atoms. The zero-order valence-corrected chi connectivity index (χ0v) is 11.9. The van der Waals surface area contributed by atoms with Gasteiger partial charge in [0.1, 0.15) is 0 Å². The minimum absolute atomic E-state index is 0.664. The summed E-state index contributed by atoms with van der Waals surface area (Å²) in [7, 11) is 2.00. The second-order valence-electron chi connectivity index (χ2n) is 4.14. The van der Waals surface area contributed by atoms with Crippen molar-refractivity contribution in [2.24, 2.45) is 7.05 Å². The summed E-state index contributed by atoms with van der Waals surface area (Å²) in [5.74, 6) is 0. The van der Waals surface area contributed by atoms with Crippen molar-refractivity contribution in [1.82, 2.24) is 4.57 Å². The maximum absolute atomic E-state index is 9.29. The van der Waals surface area contributed by atoms with Crippen LogP contribution >= 0.6 is 15.9 Å². The van der Waals surface area contributed by atoms with Crippen LogP contribution in [0, 0.1) is 18.3 Å². The van der Waals surface area contributed by atoms with Crippen molar-refractivity contribution in [1.29, 1.82) is 5.26 Å². The lowest BCUT2D eigenvalue weighted by Gasteiger charge is -2.03. The first-order valence-electron chi connectivity index (χ1n) is 5.62. The van der Waals surface area contributed by atoms with Crippen molar-refractivity contribution in [3.8, 4) is 6.07 Å². The third-order valence-electron chi connectivity index (χ3n) is 2.96. The number of hydrogen-bond donors (Lipinski definition) is 0. The van der Waals surface area contributed by atoms with Gasteiger partial charge in [0.25, 0.3) is 0 Å². The SMILES string of the molecule is Cc1ccc(/C=C(/C#N)c2cccc(Br)c2)n1C. The van der Waals surface area contributed by atoms with E-state index >= 15 is 0 Å². The normalized spacial score (nSPS) is 11.3. The Bertz CT molecular complexity index is 645. The molecule has 0 aliphatic carbocycles. The van der Waals surface area contributed by atoms with Crippen molar-refractivity contribution in [3.05, 3.63) is 57.8 Å². The molecule has 0 radical (unpaired) electrons. The van der Waals surface area contributed by atoms with Crippen LogP contribution in [0.15, 0.2) is 40.9 Å². The summed E-state index contributed by atoms with van der Waals surface area (Å²) in [6.07, 6.45) is 1.91. The third-order valence-corrected chi connectivity index (χ3v) is 3.45. The molecule has 0 aliphatic heterocycles. The first-order chi connectivity index (χ1) is 8.61. The summed E-state index contributed by atoms with van der Waals surface area (Å²) < 4.78 is 3.04. The molecule has 0 saturated heterocycles. The van der Waals surface area contributed by atoms with Crippen LogP contribution in [-0.4, -0.2) is 4.57 Å². The van der Waals surface area contributed by atoms with E-state index in [1.807, 2.05) is 56.4 Å². The summed E-state index contributed by atoms with van der Waals surface area (Å²) in [4.78, 5) is 0. The Morgan fingerprint density at radius 3 is 2.67 bits per heavy atom. The monoisotopic (exact) mass is 300 g/mol. The van der Waals surface area contributed by atoms with E-state index in [1.165, 1.54) is 5.69 Å². The highest BCUT2D eigenvalue weighted by molar-refractivity contribution is 9.10. The number of benzene rings is 1. The van der Waals surface area contributed by atoms with Gasteiger partial charge < -0.3 is 4.57 Å². The first kappa shape index (κ1) is 12.7. The minimum Gasteiger partial charge on any atom is -0.348 e. The van der Waals surface area contributed by atoms with Crippen LogP contribution in [0.1, 0.15) is 17.0 Å². The van der Waals surface area contributed by atoms with Gasteiger partial charge in [-0.05, 0) is 42.8 Å². The Morgan fingerprint density at radius 1 is 1.33 bits per heavy atom. The molecule has 0 fully saturated rings. The molecule has 1 aromatic carbocycles. The van der Waals surface area contributed by atoms with Gasteiger partial charge in [0.15, 0.2) is 0 Å². The Kier molecular flexibility index (Phi) is 3.69. The van der Waals surface area contributed by atoms with Gasteiger partial charge in [-0.3, -0.25) is 0 Å². The quantitative estimate of drug-likeness (QED) is 0.766. The second kappa shape index (κ2) is 5.24. The van der Waals surface area contributed by atoms with E-state index in [0.717, 1.165) is 15.7 Å². The standard InChI is InChI=1S/C15H13BrN2/c1-11-6-7-15(18(11)2)9-13(10-17)12-4-3-5-14(16)8-12/h3-9H,1-2H3/b13-9-. The van der Waals surface area contributed by atoms with Gasteiger partial charge in [0, 0.05) is 22.9 Å². The van der Waals surface area contributed by atoms with Crippen molar-refractivity contribution in [3.63, 3.8) is 0 Å². The maximum Gasteiger partial charge on any atom is 0.0998 e. The molecule has 0 amide bonds. The lowest BCUT2D eigenvalue weighted by atomic mass is 10.1. The molecule has 1 aromatic heterocycles. The van der Waals surface area contributed by atoms with E-state index < -0.39 is 0 Å². The fourth-order valence-corrected chi connectivity index (χ4v) is 2.16. The number of nitrogens with zero attached hydrogens (tertiary/aromatic N) is 2. The molecule has 0 spiro atoms. The van der Waals surface area contributed by atoms with Gasteiger partial charge in [0.05, 0.1) is 11.6 Å². The molecule has 0 N–H and O–H groups in total. The average molecular weight is 301 g/mol. The molecule has 2 aromatic rings. The van der Waals surface area contributed by atoms with Crippen molar-refractivity contribution in [2.45, 2.75) is 6.92 Å². The average Bonchev–Trinajstić information content (AvgIpc) is 2.67. The van der Waals surface area contributed by atoms with E-state index in [4.69, 9.17) is 0 Å². The van der Waals surface area contributed by atoms with E-state index in [2.05, 4.69) is 26.6 Å². The fourth-order valence-electron chi connectivity index (χ4n) is 1.76. The largest absolute Gasteiger partial charge is 0.348 e. The van der Waals surface area contributed by atoms with E-state index in [-0.39, 0.29) is 0 Å². The van der Waals surface area contributed by atoms with Crippen LogP contribution in [0.5, 0.6) is 0 Å². The van der Waals surface area contributed by atoms with Crippen LogP contribution in [0.4, 0.5) is 0 Å². The third kappa shape index (κ3) is 2.55. The number of allylic oxidation sites excluding steroid dienone is 1. The molecule has 0 atom stereocenters. The lowest BCUT2D eigenvalue weighted by molar-refractivity contribution is 0.872. The number of nitriles is 1. The zero-order valence-electron chi connectivity index (χ0n) is 10.3. The molecule has 2 nitrogen and oxygen atoms in total. The number of halogens is 1. The van der Waals surface area contributed by atoms with Crippen LogP contribution in [0.25, 0.3) is 11.6 Å². The zero-order chi connectivity index (χ0) is 13.1. The summed E-state index contributed by atoms with van der Waals surface area (Å²) in [6, 6.07) is 14.1.